The van der Waals surface area contributed by atoms with Crippen molar-refractivity contribution in [2.45, 2.75) is 24.7 Å². The molecular weight excluding hydrogens is 667 g/mol. The highest BCUT2D eigenvalue weighted by atomic mass is 15.0. The topological polar surface area (TPSA) is 21.9 Å². The highest BCUT2D eigenvalue weighted by molar-refractivity contribution is 6.18. The number of nitrogens with one attached hydrogen (secondary N) is 1. The Morgan fingerprint density at radius 1 is 0.436 bits per heavy atom. The van der Waals surface area contributed by atoms with Gasteiger partial charge in [0.2, 0.25) is 0 Å². The minimum atomic E-state index is -0.557. The molecule has 13 rings (SSSR count). The lowest BCUT2D eigenvalue weighted by molar-refractivity contribution is 0.660. The third kappa shape index (κ3) is 3.40. The number of hydrogen-bond acceptors (Lipinski definition) is 1. The van der Waals surface area contributed by atoms with Crippen LogP contribution in [-0.2, 0) is 10.8 Å². The lowest BCUT2D eigenvalue weighted by Gasteiger charge is -2.46. The van der Waals surface area contributed by atoms with Gasteiger partial charge in [-0.2, -0.15) is 0 Å². The standard InChI is InChI=1S/C52H35N3/c1-51(2)37-18-6-3-14-32(37)33-27-26-31(30-42(33)51)54-45-24-11-5-16-36(45)48-47(54)29-28-40-49(48)53-43-22-9-7-19-38(43)52(40)39-20-8-12-25-46(39)55-44-23-10-4-15-34(44)35-17-13-21-41(52)50(35)55/h3-30,53H,1-2H3. The molecule has 2 aliphatic heterocycles. The summed E-state index contributed by atoms with van der Waals surface area (Å²) < 4.78 is 5.01. The van der Waals surface area contributed by atoms with Crippen LogP contribution in [0.5, 0.6) is 0 Å². The summed E-state index contributed by atoms with van der Waals surface area (Å²) in [5, 5.41) is 9.14. The molecule has 1 aliphatic carbocycles. The quantitative estimate of drug-likeness (QED) is 0.181. The average molecular weight is 702 g/mol. The minimum absolute atomic E-state index is 0.0879. The molecule has 0 fully saturated rings. The summed E-state index contributed by atoms with van der Waals surface area (Å²) in [4.78, 5) is 0. The number of rotatable bonds is 1. The fourth-order valence-corrected chi connectivity index (χ4v) is 11.1. The van der Waals surface area contributed by atoms with Crippen molar-refractivity contribution in [3.8, 4) is 22.5 Å². The van der Waals surface area contributed by atoms with Crippen LogP contribution in [0.2, 0.25) is 0 Å². The van der Waals surface area contributed by atoms with E-state index in [1.54, 1.807) is 0 Å². The first-order valence-electron chi connectivity index (χ1n) is 19.4. The summed E-state index contributed by atoms with van der Waals surface area (Å²) in [5.41, 5.74) is 19.7. The first-order chi connectivity index (χ1) is 27.1. The number of nitrogens with zero attached hydrogens (tertiary/aromatic N) is 2. The Balaban J connectivity index is 1.16. The molecule has 8 aromatic carbocycles. The Hall–Kier alpha value is -6.84. The Labute approximate surface area is 318 Å². The Morgan fingerprint density at radius 2 is 1.09 bits per heavy atom. The number of benzene rings is 8. The molecule has 0 bridgehead atoms. The van der Waals surface area contributed by atoms with Crippen LogP contribution in [0, 0.1) is 0 Å². The van der Waals surface area contributed by atoms with Gasteiger partial charge in [0, 0.05) is 38.3 Å². The van der Waals surface area contributed by atoms with Crippen LogP contribution in [0.4, 0.5) is 11.4 Å². The molecule has 1 unspecified atom stereocenters. The van der Waals surface area contributed by atoms with E-state index < -0.39 is 5.41 Å². The van der Waals surface area contributed by atoms with Crippen LogP contribution in [0.1, 0.15) is 47.2 Å². The number of aromatic nitrogens is 2. The molecule has 55 heavy (non-hydrogen) atoms. The van der Waals surface area contributed by atoms with Crippen LogP contribution in [0.3, 0.4) is 0 Å². The van der Waals surface area contributed by atoms with Crippen LogP contribution >= 0.6 is 0 Å². The van der Waals surface area contributed by atoms with E-state index in [1.165, 1.54) is 105 Å². The van der Waals surface area contributed by atoms with E-state index in [4.69, 9.17) is 0 Å². The Bertz CT molecular complexity index is 3340. The zero-order valence-corrected chi connectivity index (χ0v) is 30.6. The molecule has 2 aromatic heterocycles. The summed E-state index contributed by atoms with van der Waals surface area (Å²) in [7, 11) is 0. The van der Waals surface area contributed by atoms with Gasteiger partial charge in [0.15, 0.2) is 0 Å². The fraction of sp³-hybridized carbons (Fsp3) is 0.0769. The molecule has 3 heteroatoms. The second-order valence-electron chi connectivity index (χ2n) is 16.1. The summed E-state index contributed by atoms with van der Waals surface area (Å²) in [6.45, 7) is 4.74. The molecule has 0 saturated heterocycles. The Morgan fingerprint density at radius 3 is 1.96 bits per heavy atom. The van der Waals surface area contributed by atoms with Crippen LogP contribution in [0.25, 0.3) is 66.1 Å². The average Bonchev–Trinajstić information content (AvgIpc) is 3.83. The maximum Gasteiger partial charge on any atom is 0.0782 e. The molecule has 0 radical (unpaired) electrons. The first-order valence-corrected chi connectivity index (χ1v) is 19.4. The van der Waals surface area contributed by atoms with Crippen molar-refractivity contribution in [1.82, 2.24) is 9.13 Å². The molecule has 258 valence electrons. The fourth-order valence-electron chi connectivity index (χ4n) is 11.1. The molecule has 3 nitrogen and oxygen atoms in total. The number of anilines is 2. The van der Waals surface area contributed by atoms with E-state index in [0.717, 1.165) is 5.69 Å². The van der Waals surface area contributed by atoms with E-state index in [2.05, 4.69) is 198 Å². The van der Waals surface area contributed by atoms with Crippen molar-refractivity contribution in [1.29, 1.82) is 0 Å². The maximum absolute atomic E-state index is 4.07. The maximum atomic E-state index is 4.07. The monoisotopic (exact) mass is 701 g/mol. The smallest absolute Gasteiger partial charge is 0.0782 e. The van der Waals surface area contributed by atoms with Crippen molar-refractivity contribution in [3.05, 3.63) is 203 Å². The van der Waals surface area contributed by atoms with Gasteiger partial charge in [0.05, 0.1) is 38.9 Å². The van der Waals surface area contributed by atoms with Gasteiger partial charge >= 0.3 is 0 Å². The van der Waals surface area contributed by atoms with E-state index in [0.29, 0.717) is 0 Å². The van der Waals surface area contributed by atoms with Crippen LogP contribution in [0.15, 0.2) is 170 Å². The van der Waals surface area contributed by atoms with Gasteiger partial charge < -0.3 is 14.5 Å². The highest BCUT2D eigenvalue weighted by Gasteiger charge is 2.50. The zero-order valence-electron chi connectivity index (χ0n) is 30.6. The van der Waals surface area contributed by atoms with E-state index in [9.17, 15) is 0 Å². The molecule has 4 heterocycles. The third-order valence-electron chi connectivity index (χ3n) is 13.3. The predicted molar refractivity (Wildman–Crippen MR) is 228 cm³/mol. The van der Waals surface area contributed by atoms with Crippen molar-refractivity contribution in [2.75, 3.05) is 5.32 Å². The van der Waals surface area contributed by atoms with E-state index >= 15 is 0 Å². The molecule has 3 aliphatic rings. The summed E-state index contributed by atoms with van der Waals surface area (Å²) in [6, 6.07) is 63.8. The molecule has 0 saturated carbocycles. The van der Waals surface area contributed by atoms with Gasteiger partial charge in [-0.1, -0.05) is 141 Å². The van der Waals surface area contributed by atoms with E-state index in [1.807, 2.05) is 0 Å². The van der Waals surface area contributed by atoms with Crippen molar-refractivity contribution in [3.63, 3.8) is 0 Å². The van der Waals surface area contributed by atoms with Crippen LogP contribution < -0.4 is 5.32 Å². The van der Waals surface area contributed by atoms with Crippen molar-refractivity contribution in [2.24, 2.45) is 0 Å². The molecule has 10 aromatic rings. The SMILES string of the molecule is CC1(C)c2ccccc2-c2ccc(-n3c4ccccc4c4c5c(ccc43)C3(c4ccccc4N5)c4ccccc4-n4c5ccccc5c5cccc3c54)cc21. The van der Waals surface area contributed by atoms with Crippen LogP contribution in [-0.4, -0.2) is 9.13 Å². The molecule has 1 atom stereocenters. The summed E-state index contributed by atoms with van der Waals surface area (Å²) in [5.74, 6) is 0. The normalized spacial score (nSPS) is 16.9. The first kappa shape index (κ1) is 29.6. The van der Waals surface area contributed by atoms with Gasteiger partial charge in [-0.25, -0.2) is 0 Å². The zero-order chi connectivity index (χ0) is 36.2. The highest BCUT2D eigenvalue weighted by Crippen LogP contribution is 2.61. The molecule has 1 spiro atoms. The second-order valence-corrected chi connectivity index (χ2v) is 16.1. The van der Waals surface area contributed by atoms with Gasteiger partial charge in [-0.15, -0.1) is 0 Å². The van der Waals surface area contributed by atoms with Crippen molar-refractivity contribution >= 4 is 55.0 Å². The summed E-state index contributed by atoms with van der Waals surface area (Å²) in [6.07, 6.45) is 0. The van der Waals surface area contributed by atoms with Crippen molar-refractivity contribution < 1.29 is 0 Å². The number of hydrogen-bond donors (Lipinski definition) is 1. The molecule has 1 N–H and O–H groups in total. The second kappa shape index (κ2) is 10.0. The number of para-hydroxylation sites is 5. The molecular formula is C52H35N3. The molecule has 0 amide bonds. The van der Waals surface area contributed by atoms with E-state index in [-0.39, 0.29) is 5.41 Å². The third-order valence-corrected chi connectivity index (χ3v) is 13.3. The number of fused-ring (bicyclic) bond motifs is 18. The largest absolute Gasteiger partial charge is 0.354 e. The lowest BCUT2D eigenvalue weighted by atomic mass is 9.61. The van der Waals surface area contributed by atoms with Gasteiger partial charge in [0.25, 0.3) is 0 Å². The van der Waals surface area contributed by atoms with Gasteiger partial charge in [-0.05, 0) is 87.0 Å². The lowest BCUT2D eigenvalue weighted by Crippen LogP contribution is -2.38. The van der Waals surface area contributed by atoms with Gasteiger partial charge in [0.1, 0.15) is 0 Å². The van der Waals surface area contributed by atoms with Gasteiger partial charge in [-0.3, -0.25) is 0 Å². The summed E-state index contributed by atoms with van der Waals surface area (Å²) >= 11 is 0. The Kier molecular flexibility index (Phi) is 5.39. The predicted octanol–water partition coefficient (Wildman–Crippen LogP) is 12.9. The minimum Gasteiger partial charge on any atom is -0.354 e.